The molecule has 31 heavy (non-hydrogen) atoms. The molecule has 0 spiro atoms. The Kier molecular flexibility index (Phi) is 7.41. The molecule has 1 aromatic carbocycles. The number of benzene rings is 1. The summed E-state index contributed by atoms with van der Waals surface area (Å²) in [4.78, 5) is 21.1. The Morgan fingerprint density at radius 2 is 2.13 bits per heavy atom. The average Bonchev–Trinajstić information content (AvgIpc) is 3.18. The summed E-state index contributed by atoms with van der Waals surface area (Å²) in [5, 5.41) is 3.09. The molecule has 0 bridgehead atoms. The van der Waals surface area contributed by atoms with Crippen molar-refractivity contribution in [1.29, 1.82) is 0 Å². The van der Waals surface area contributed by atoms with Crippen LogP contribution in [0.1, 0.15) is 51.9 Å². The lowest BCUT2D eigenvalue weighted by Crippen LogP contribution is -2.41. The number of nitrogens with one attached hydrogen (secondary N) is 1. The molecule has 1 aliphatic rings. The highest BCUT2D eigenvalue weighted by Gasteiger charge is 2.30. The van der Waals surface area contributed by atoms with Gasteiger partial charge in [-0.25, -0.2) is 4.98 Å². The summed E-state index contributed by atoms with van der Waals surface area (Å²) in [6.45, 7) is 4.70. The van der Waals surface area contributed by atoms with Gasteiger partial charge < -0.3 is 21.5 Å². The number of pyridine rings is 1. The molecule has 5 N–H and O–H groups in total. The summed E-state index contributed by atoms with van der Waals surface area (Å²) in [7, 11) is 1.65. The number of hydrogen-bond donors (Lipinski definition) is 3. The zero-order valence-corrected chi connectivity index (χ0v) is 18.4. The van der Waals surface area contributed by atoms with Gasteiger partial charge in [0.05, 0.1) is 24.3 Å². The molecular formula is C24H31N5O2. The van der Waals surface area contributed by atoms with E-state index in [0.29, 0.717) is 23.3 Å². The molecule has 0 saturated heterocycles. The van der Waals surface area contributed by atoms with E-state index in [2.05, 4.69) is 47.3 Å². The molecule has 1 aliphatic carbocycles. The van der Waals surface area contributed by atoms with Gasteiger partial charge in [-0.2, -0.15) is 0 Å². The van der Waals surface area contributed by atoms with Gasteiger partial charge in [0.2, 0.25) is 0 Å². The molecule has 1 saturated carbocycles. The number of nitrogens with two attached hydrogens (primary N) is 2. The number of amides is 1. The third-order valence-corrected chi connectivity index (χ3v) is 5.66. The second kappa shape index (κ2) is 10.2. The fourth-order valence-corrected chi connectivity index (χ4v) is 3.91. The first kappa shape index (κ1) is 22.5. The highest BCUT2D eigenvalue weighted by Crippen LogP contribution is 2.25. The van der Waals surface area contributed by atoms with Gasteiger partial charge in [-0.15, -0.1) is 0 Å². The molecule has 2 atom stereocenters. The van der Waals surface area contributed by atoms with E-state index in [1.165, 1.54) is 22.9 Å². The van der Waals surface area contributed by atoms with Crippen LogP contribution in [0.15, 0.2) is 41.7 Å². The van der Waals surface area contributed by atoms with E-state index in [9.17, 15) is 4.79 Å². The van der Waals surface area contributed by atoms with Crippen LogP contribution >= 0.6 is 0 Å². The Morgan fingerprint density at radius 1 is 1.32 bits per heavy atom. The molecule has 7 heteroatoms. The number of rotatable bonds is 7. The number of ether oxygens (including phenoxy) is 1. The quantitative estimate of drug-likeness (QED) is 0.594. The molecule has 2 aromatic rings. The van der Waals surface area contributed by atoms with Crippen LogP contribution in [0.4, 0.5) is 5.82 Å². The predicted octanol–water partition coefficient (Wildman–Crippen LogP) is 3.15. The van der Waals surface area contributed by atoms with Crippen molar-refractivity contribution in [3.63, 3.8) is 0 Å². The maximum atomic E-state index is 13.0. The zero-order chi connectivity index (χ0) is 22.4. The van der Waals surface area contributed by atoms with Crippen molar-refractivity contribution in [2.75, 3.05) is 12.8 Å². The number of aromatic nitrogens is 1. The summed E-state index contributed by atoms with van der Waals surface area (Å²) in [6, 6.07) is 7.98. The highest BCUT2D eigenvalue weighted by molar-refractivity contribution is 6.10. The van der Waals surface area contributed by atoms with Crippen LogP contribution in [0.5, 0.6) is 0 Å². The Labute approximate surface area is 183 Å². The van der Waals surface area contributed by atoms with Crippen molar-refractivity contribution in [2.45, 2.75) is 51.9 Å². The first-order valence-corrected chi connectivity index (χ1v) is 10.5. The van der Waals surface area contributed by atoms with Gasteiger partial charge in [-0.05, 0) is 50.3 Å². The number of aryl methyl sites for hydroxylation is 2. The van der Waals surface area contributed by atoms with Crippen LogP contribution in [0.3, 0.4) is 0 Å². The van der Waals surface area contributed by atoms with E-state index in [1.807, 2.05) is 0 Å². The summed E-state index contributed by atoms with van der Waals surface area (Å²) in [5.41, 5.74) is 17.0. The van der Waals surface area contributed by atoms with Gasteiger partial charge in [0.15, 0.2) is 0 Å². The Balaban J connectivity index is 1.69. The van der Waals surface area contributed by atoms with E-state index < -0.39 is 0 Å². The Morgan fingerprint density at radius 3 is 2.84 bits per heavy atom. The summed E-state index contributed by atoms with van der Waals surface area (Å²) < 4.78 is 6.20. The summed E-state index contributed by atoms with van der Waals surface area (Å²) in [5.74, 6) is -0.0829. The lowest BCUT2D eigenvalue weighted by molar-refractivity contribution is 0.0270. The number of allylic oxidation sites excluding steroid dienone is 1. The predicted molar refractivity (Wildman–Crippen MR) is 125 cm³/mol. The SMILES string of the molecule is CN=CC(=CN)c1cnc(N)c(C(=O)N[C@H]2CCC[C@@H]2OCc2ccc(C)cc2C)c1. The van der Waals surface area contributed by atoms with Crippen LogP contribution in [-0.4, -0.2) is 36.3 Å². The number of nitrogen functional groups attached to an aromatic ring is 1. The normalized spacial score (nSPS) is 19.1. The number of hydrogen-bond acceptors (Lipinski definition) is 6. The van der Waals surface area contributed by atoms with E-state index in [4.69, 9.17) is 16.2 Å². The molecule has 1 fully saturated rings. The molecule has 1 amide bonds. The fourth-order valence-electron chi connectivity index (χ4n) is 3.91. The highest BCUT2D eigenvalue weighted by atomic mass is 16.5. The van der Waals surface area contributed by atoms with Crippen molar-refractivity contribution in [1.82, 2.24) is 10.3 Å². The maximum absolute atomic E-state index is 13.0. The second-order valence-electron chi connectivity index (χ2n) is 7.96. The van der Waals surface area contributed by atoms with Crippen LogP contribution in [0.25, 0.3) is 5.57 Å². The molecule has 0 unspecified atom stereocenters. The van der Waals surface area contributed by atoms with Crippen molar-refractivity contribution in [2.24, 2.45) is 10.7 Å². The Hall–Kier alpha value is -3.19. The van der Waals surface area contributed by atoms with Gasteiger partial charge in [-0.3, -0.25) is 9.79 Å². The van der Waals surface area contributed by atoms with Gasteiger partial charge in [0.1, 0.15) is 5.82 Å². The van der Waals surface area contributed by atoms with Crippen molar-refractivity contribution in [3.8, 4) is 0 Å². The van der Waals surface area contributed by atoms with E-state index in [0.717, 1.165) is 19.3 Å². The van der Waals surface area contributed by atoms with Crippen LogP contribution in [0.2, 0.25) is 0 Å². The smallest absolute Gasteiger partial charge is 0.255 e. The van der Waals surface area contributed by atoms with E-state index >= 15 is 0 Å². The third-order valence-electron chi connectivity index (χ3n) is 5.66. The second-order valence-corrected chi connectivity index (χ2v) is 7.96. The first-order valence-electron chi connectivity index (χ1n) is 10.5. The third kappa shape index (κ3) is 5.49. The van der Waals surface area contributed by atoms with Gasteiger partial charge in [0.25, 0.3) is 5.91 Å². The monoisotopic (exact) mass is 421 g/mol. The molecule has 164 valence electrons. The molecule has 1 aromatic heterocycles. The van der Waals surface area contributed by atoms with Crippen LogP contribution in [-0.2, 0) is 11.3 Å². The lowest BCUT2D eigenvalue weighted by Gasteiger charge is -2.22. The van der Waals surface area contributed by atoms with Crippen molar-refractivity contribution >= 4 is 23.5 Å². The first-order chi connectivity index (χ1) is 14.9. The summed E-state index contributed by atoms with van der Waals surface area (Å²) in [6.07, 6.45) is 7.37. The number of carbonyl (C=O) groups excluding carboxylic acids is 1. The topological polar surface area (TPSA) is 116 Å². The largest absolute Gasteiger partial charge is 0.404 e. The Bertz CT molecular complexity index is 999. The summed E-state index contributed by atoms with van der Waals surface area (Å²) >= 11 is 0. The minimum absolute atomic E-state index is 0.0336. The maximum Gasteiger partial charge on any atom is 0.255 e. The van der Waals surface area contributed by atoms with Gasteiger partial charge in [0, 0.05) is 36.8 Å². The minimum Gasteiger partial charge on any atom is -0.404 e. The average molecular weight is 422 g/mol. The molecule has 3 rings (SSSR count). The number of aliphatic imine (C=N–C) groups is 1. The lowest BCUT2D eigenvalue weighted by atomic mass is 10.1. The zero-order valence-electron chi connectivity index (χ0n) is 18.4. The van der Waals surface area contributed by atoms with Crippen LogP contribution in [0, 0.1) is 13.8 Å². The number of anilines is 1. The number of carbonyl (C=O) groups is 1. The van der Waals surface area contributed by atoms with Gasteiger partial charge >= 0.3 is 0 Å². The fraction of sp³-hybridized carbons (Fsp3) is 0.375. The number of nitrogens with zero attached hydrogens (tertiary/aromatic N) is 2. The molecular weight excluding hydrogens is 390 g/mol. The molecule has 0 aliphatic heterocycles. The van der Waals surface area contributed by atoms with Crippen molar-refractivity contribution in [3.05, 3.63) is 64.5 Å². The van der Waals surface area contributed by atoms with Gasteiger partial charge in [-0.1, -0.05) is 23.8 Å². The van der Waals surface area contributed by atoms with E-state index in [1.54, 1.807) is 25.5 Å². The molecule has 7 nitrogen and oxygen atoms in total. The van der Waals surface area contributed by atoms with Crippen LogP contribution < -0.4 is 16.8 Å². The minimum atomic E-state index is -0.260. The molecule has 0 radical (unpaired) electrons. The van der Waals surface area contributed by atoms with Crippen molar-refractivity contribution < 1.29 is 9.53 Å². The molecule has 1 heterocycles. The van der Waals surface area contributed by atoms with E-state index in [-0.39, 0.29) is 23.9 Å². The standard InChI is InChI=1S/C24H31N5O2/c1-15-7-8-17(16(2)9-15)14-31-22-6-4-5-21(22)29-24(30)20-10-18(13-28-23(20)26)19(11-25)12-27-3/h7-13,21-22H,4-6,14,25H2,1-3H3,(H2,26,28)(H,29,30)/t21-,22-/m0/s1.